The molecule has 3 N–H and O–H groups in total. The number of aromatic nitrogens is 3. The van der Waals surface area contributed by atoms with Gasteiger partial charge in [0.15, 0.2) is 0 Å². The minimum absolute atomic E-state index is 0.0170. The third-order valence-corrected chi connectivity index (χ3v) is 3.21. The molecule has 108 valence electrons. The van der Waals surface area contributed by atoms with Gasteiger partial charge in [-0.2, -0.15) is 9.97 Å². The van der Waals surface area contributed by atoms with Gasteiger partial charge in [-0.05, 0) is 17.7 Å². The normalized spacial score (nSPS) is 13.2. The minimum atomic E-state index is -0.439. The Morgan fingerprint density at radius 3 is 2.81 bits per heavy atom. The van der Waals surface area contributed by atoms with Crippen LogP contribution < -0.4 is 16.3 Å². The van der Waals surface area contributed by atoms with E-state index in [0.29, 0.717) is 12.2 Å². The lowest BCUT2D eigenvalue weighted by Gasteiger charge is -2.09. The van der Waals surface area contributed by atoms with Crippen molar-refractivity contribution in [2.75, 3.05) is 10.6 Å². The van der Waals surface area contributed by atoms with E-state index in [9.17, 15) is 9.59 Å². The van der Waals surface area contributed by atoms with Crippen molar-refractivity contribution in [1.29, 1.82) is 0 Å². The molecule has 7 nitrogen and oxygen atoms in total. The summed E-state index contributed by atoms with van der Waals surface area (Å²) >= 11 is 0. The highest BCUT2D eigenvalue weighted by atomic mass is 16.2. The van der Waals surface area contributed by atoms with Gasteiger partial charge < -0.3 is 10.6 Å². The van der Waals surface area contributed by atoms with Gasteiger partial charge in [-0.3, -0.25) is 9.78 Å². The van der Waals surface area contributed by atoms with Crippen LogP contribution in [0.15, 0.2) is 23.0 Å². The molecular weight excluding hydrogens is 270 g/mol. The SMILES string of the molecule is CC(C)c1nc(Nc2ccc3c(c2)NC(=O)C3)nc(=O)[nH]1. The van der Waals surface area contributed by atoms with Crippen molar-refractivity contribution < 1.29 is 4.79 Å². The molecule has 0 saturated heterocycles. The fourth-order valence-electron chi connectivity index (χ4n) is 2.15. The van der Waals surface area contributed by atoms with Crippen LogP contribution in [0.3, 0.4) is 0 Å². The topological polar surface area (TPSA) is 99.8 Å². The Hall–Kier alpha value is -2.70. The highest BCUT2D eigenvalue weighted by Crippen LogP contribution is 2.27. The van der Waals surface area contributed by atoms with Crippen LogP contribution in [-0.4, -0.2) is 20.9 Å². The number of carbonyl (C=O) groups is 1. The van der Waals surface area contributed by atoms with Crippen LogP contribution in [0.2, 0.25) is 0 Å². The number of amides is 1. The molecule has 0 spiro atoms. The number of rotatable bonds is 3. The second-order valence-electron chi connectivity index (χ2n) is 5.24. The number of nitrogens with zero attached hydrogens (tertiary/aromatic N) is 2. The number of nitrogens with one attached hydrogen (secondary N) is 3. The molecule has 1 aliphatic heterocycles. The van der Waals surface area contributed by atoms with Crippen molar-refractivity contribution in [3.63, 3.8) is 0 Å². The third kappa shape index (κ3) is 2.76. The maximum atomic E-state index is 11.5. The standard InChI is InChI=1S/C14H15N5O2/c1-7(2)12-17-13(19-14(21)18-12)15-9-4-3-8-5-11(20)16-10(8)6-9/h3-4,6-7H,5H2,1-2H3,(H,16,20)(H2,15,17,18,19,21). The Morgan fingerprint density at radius 2 is 2.05 bits per heavy atom. The molecule has 1 aromatic carbocycles. The molecule has 0 atom stereocenters. The predicted molar refractivity (Wildman–Crippen MR) is 78.8 cm³/mol. The summed E-state index contributed by atoms with van der Waals surface area (Å²) < 4.78 is 0. The smallest absolute Gasteiger partial charge is 0.325 e. The largest absolute Gasteiger partial charge is 0.349 e. The van der Waals surface area contributed by atoms with E-state index < -0.39 is 5.69 Å². The van der Waals surface area contributed by atoms with Crippen LogP contribution >= 0.6 is 0 Å². The van der Waals surface area contributed by atoms with Crippen molar-refractivity contribution >= 4 is 23.2 Å². The Balaban J connectivity index is 1.89. The molecule has 0 fully saturated rings. The molecule has 7 heteroatoms. The molecule has 1 amide bonds. The number of H-pyrrole nitrogens is 1. The fraction of sp³-hybridized carbons (Fsp3) is 0.286. The summed E-state index contributed by atoms with van der Waals surface area (Å²) in [5.41, 5.74) is 2.01. The molecule has 3 rings (SSSR count). The maximum absolute atomic E-state index is 11.5. The van der Waals surface area contributed by atoms with Crippen LogP contribution in [0.5, 0.6) is 0 Å². The first kappa shape index (κ1) is 13.3. The predicted octanol–water partition coefficient (Wildman–Crippen LogP) is 1.53. The van der Waals surface area contributed by atoms with E-state index in [1.165, 1.54) is 0 Å². The van der Waals surface area contributed by atoms with Gasteiger partial charge in [-0.1, -0.05) is 19.9 Å². The third-order valence-electron chi connectivity index (χ3n) is 3.21. The fourth-order valence-corrected chi connectivity index (χ4v) is 2.15. The van der Waals surface area contributed by atoms with Crippen molar-refractivity contribution in [3.05, 3.63) is 40.1 Å². The van der Waals surface area contributed by atoms with Gasteiger partial charge >= 0.3 is 5.69 Å². The van der Waals surface area contributed by atoms with Crippen LogP contribution in [0.4, 0.5) is 17.3 Å². The van der Waals surface area contributed by atoms with Gasteiger partial charge in [0.05, 0.1) is 6.42 Å². The number of aromatic amines is 1. The van der Waals surface area contributed by atoms with Gasteiger partial charge in [0, 0.05) is 17.3 Å². The second kappa shape index (κ2) is 5.01. The van der Waals surface area contributed by atoms with E-state index in [0.717, 1.165) is 16.9 Å². The van der Waals surface area contributed by atoms with Gasteiger partial charge in [-0.15, -0.1) is 0 Å². The molecule has 0 radical (unpaired) electrons. The summed E-state index contributed by atoms with van der Waals surface area (Å²) in [7, 11) is 0. The molecular formula is C14H15N5O2. The number of anilines is 3. The summed E-state index contributed by atoms with van der Waals surface area (Å²) in [4.78, 5) is 33.5. The number of fused-ring (bicyclic) bond motifs is 1. The Kier molecular flexibility index (Phi) is 3.17. The van der Waals surface area contributed by atoms with Gasteiger partial charge in [0.1, 0.15) is 5.82 Å². The van der Waals surface area contributed by atoms with Crippen molar-refractivity contribution in [2.24, 2.45) is 0 Å². The van der Waals surface area contributed by atoms with Gasteiger partial charge in [0.2, 0.25) is 11.9 Å². The van der Waals surface area contributed by atoms with Gasteiger partial charge in [-0.25, -0.2) is 4.79 Å². The first-order valence-corrected chi connectivity index (χ1v) is 6.69. The highest BCUT2D eigenvalue weighted by Gasteiger charge is 2.17. The molecule has 0 saturated carbocycles. The van der Waals surface area contributed by atoms with Gasteiger partial charge in [0.25, 0.3) is 0 Å². The lowest BCUT2D eigenvalue weighted by Crippen LogP contribution is -2.18. The quantitative estimate of drug-likeness (QED) is 0.794. The number of benzene rings is 1. The molecule has 2 aromatic rings. The molecule has 21 heavy (non-hydrogen) atoms. The van der Waals surface area contributed by atoms with E-state index in [1.54, 1.807) is 6.07 Å². The van der Waals surface area contributed by atoms with Crippen LogP contribution in [-0.2, 0) is 11.2 Å². The minimum Gasteiger partial charge on any atom is -0.325 e. The summed E-state index contributed by atoms with van der Waals surface area (Å²) in [6.07, 6.45) is 0.397. The van der Waals surface area contributed by atoms with Crippen LogP contribution in [0, 0.1) is 0 Å². The monoisotopic (exact) mass is 285 g/mol. The maximum Gasteiger partial charge on any atom is 0.349 e. The number of hydrogen-bond acceptors (Lipinski definition) is 5. The molecule has 1 aromatic heterocycles. The lowest BCUT2D eigenvalue weighted by atomic mass is 10.1. The average molecular weight is 285 g/mol. The van der Waals surface area contributed by atoms with Crippen LogP contribution in [0.25, 0.3) is 0 Å². The first-order valence-electron chi connectivity index (χ1n) is 6.69. The first-order chi connectivity index (χ1) is 10.0. The zero-order valence-electron chi connectivity index (χ0n) is 11.7. The summed E-state index contributed by atoms with van der Waals surface area (Å²) in [6.45, 7) is 3.87. The second-order valence-corrected chi connectivity index (χ2v) is 5.24. The Morgan fingerprint density at radius 1 is 1.24 bits per heavy atom. The zero-order valence-corrected chi connectivity index (χ0v) is 11.7. The van der Waals surface area contributed by atoms with Crippen molar-refractivity contribution in [3.8, 4) is 0 Å². The highest BCUT2D eigenvalue weighted by molar-refractivity contribution is 5.99. The summed E-state index contributed by atoms with van der Waals surface area (Å²) in [5.74, 6) is 0.899. The number of carbonyl (C=O) groups excluding carboxylic acids is 1. The molecule has 2 heterocycles. The van der Waals surface area contributed by atoms with E-state index in [1.807, 2.05) is 26.0 Å². The van der Waals surface area contributed by atoms with Crippen molar-refractivity contribution in [2.45, 2.75) is 26.2 Å². The van der Waals surface area contributed by atoms with Crippen LogP contribution in [0.1, 0.15) is 31.2 Å². The lowest BCUT2D eigenvalue weighted by molar-refractivity contribution is -0.115. The molecule has 0 aliphatic carbocycles. The average Bonchev–Trinajstić information content (AvgIpc) is 2.77. The summed E-state index contributed by atoms with van der Waals surface area (Å²) in [5, 5.41) is 5.77. The van der Waals surface area contributed by atoms with E-state index in [4.69, 9.17) is 0 Å². The van der Waals surface area contributed by atoms with E-state index in [-0.39, 0.29) is 17.8 Å². The van der Waals surface area contributed by atoms with E-state index >= 15 is 0 Å². The molecule has 0 bridgehead atoms. The molecule has 0 unspecified atom stereocenters. The zero-order chi connectivity index (χ0) is 15.0. The Bertz CT molecular complexity index is 766. The Labute approximate surface area is 120 Å². The molecule has 1 aliphatic rings. The van der Waals surface area contributed by atoms with Crippen molar-refractivity contribution in [1.82, 2.24) is 15.0 Å². The summed E-state index contributed by atoms with van der Waals surface area (Å²) in [6, 6.07) is 5.50. The van der Waals surface area contributed by atoms with E-state index in [2.05, 4.69) is 25.6 Å². The number of hydrogen-bond donors (Lipinski definition) is 3.